The molecule has 0 fully saturated rings. The molecule has 1 nitrogen and oxygen atoms in total. The Labute approximate surface area is 100 Å². The number of anilines is 1. The van der Waals surface area contributed by atoms with E-state index in [0.717, 1.165) is 6.07 Å². The average molecular weight is 245 g/mol. The van der Waals surface area contributed by atoms with Crippen LogP contribution in [0.3, 0.4) is 0 Å². The summed E-state index contributed by atoms with van der Waals surface area (Å²) in [4.78, 5) is 1.95. The smallest absolute Gasteiger partial charge is 0.367 e. The molecular weight excluding hydrogens is 227 g/mol. The monoisotopic (exact) mass is 245 g/mol. The highest BCUT2D eigenvalue weighted by Gasteiger charge is 2.31. The average Bonchev–Trinajstić information content (AvgIpc) is 2.15. The number of benzene rings is 1. The van der Waals surface area contributed by atoms with Crippen molar-refractivity contribution in [1.82, 2.24) is 0 Å². The van der Waals surface area contributed by atoms with Crippen molar-refractivity contribution in [3.63, 3.8) is 0 Å². The summed E-state index contributed by atoms with van der Waals surface area (Å²) in [6, 6.07) is 5.46. The van der Waals surface area contributed by atoms with Crippen LogP contribution in [0.5, 0.6) is 0 Å². The van der Waals surface area contributed by atoms with Crippen LogP contribution >= 0.6 is 0 Å². The van der Waals surface area contributed by atoms with E-state index in [9.17, 15) is 13.2 Å². The van der Waals surface area contributed by atoms with Crippen LogP contribution < -0.4 is 4.90 Å². The van der Waals surface area contributed by atoms with E-state index in [0.29, 0.717) is 12.2 Å². The predicted octanol–water partition coefficient (Wildman–Crippen LogP) is 4.33. The first-order chi connectivity index (χ1) is 7.66. The second kappa shape index (κ2) is 4.59. The fraction of sp³-hybridized carbons (Fsp3) is 0.538. The topological polar surface area (TPSA) is 3.24 Å². The molecule has 0 N–H and O–H groups in total. The van der Waals surface area contributed by atoms with Crippen LogP contribution in [0.25, 0.3) is 0 Å². The lowest BCUT2D eigenvalue weighted by Crippen LogP contribution is -2.41. The molecule has 0 amide bonds. The first kappa shape index (κ1) is 13.9. The maximum atomic E-state index is 12.6. The Balaban J connectivity index is 3.15. The van der Waals surface area contributed by atoms with Gasteiger partial charge in [0.15, 0.2) is 0 Å². The van der Waals surface area contributed by atoms with Crippen LogP contribution in [0.1, 0.15) is 33.3 Å². The Kier molecular flexibility index (Phi) is 3.74. The van der Waals surface area contributed by atoms with Crippen molar-refractivity contribution in [2.24, 2.45) is 0 Å². The third-order valence-corrected chi connectivity index (χ3v) is 2.61. The summed E-state index contributed by atoms with van der Waals surface area (Å²) in [5.74, 6) is 0. The normalized spacial score (nSPS) is 12.6. The lowest BCUT2D eigenvalue weighted by molar-refractivity contribution is -0.137. The highest BCUT2D eigenvalue weighted by Crippen LogP contribution is 2.33. The van der Waals surface area contributed by atoms with E-state index in [2.05, 4.69) is 0 Å². The van der Waals surface area contributed by atoms with Gasteiger partial charge >= 0.3 is 6.18 Å². The van der Waals surface area contributed by atoms with Crippen LogP contribution in [-0.2, 0) is 6.18 Å². The highest BCUT2D eigenvalue weighted by molar-refractivity contribution is 5.51. The molecular formula is C13H18F3N. The lowest BCUT2D eigenvalue weighted by Gasteiger charge is -2.37. The molecule has 0 aliphatic carbocycles. The molecule has 0 aliphatic rings. The van der Waals surface area contributed by atoms with E-state index < -0.39 is 11.7 Å². The predicted molar refractivity (Wildman–Crippen MR) is 64.2 cm³/mol. The summed E-state index contributed by atoms with van der Waals surface area (Å²) in [7, 11) is 0. The van der Waals surface area contributed by atoms with Crippen molar-refractivity contribution in [3.8, 4) is 0 Å². The SMILES string of the molecule is CCN(c1cccc(C(F)(F)F)c1)C(C)(C)C. The summed E-state index contributed by atoms with van der Waals surface area (Å²) in [5.41, 5.74) is -0.188. The minimum absolute atomic E-state index is 0.195. The van der Waals surface area contributed by atoms with Gasteiger partial charge in [0.2, 0.25) is 0 Å². The van der Waals surface area contributed by atoms with Gasteiger partial charge in [0.25, 0.3) is 0 Å². The van der Waals surface area contributed by atoms with Gasteiger partial charge in [0.05, 0.1) is 5.56 Å². The van der Waals surface area contributed by atoms with E-state index in [1.807, 2.05) is 32.6 Å². The largest absolute Gasteiger partial charge is 0.416 e. The molecule has 0 unspecified atom stereocenters. The molecule has 0 heterocycles. The van der Waals surface area contributed by atoms with Crippen LogP contribution in [0.2, 0.25) is 0 Å². The van der Waals surface area contributed by atoms with Gasteiger partial charge < -0.3 is 4.90 Å². The van der Waals surface area contributed by atoms with Gasteiger partial charge in [-0.05, 0) is 45.9 Å². The second-order valence-corrected chi connectivity index (χ2v) is 4.96. The standard InChI is InChI=1S/C13H18F3N/c1-5-17(12(2,3)4)11-8-6-7-10(9-11)13(14,15)16/h6-9H,5H2,1-4H3. The Bertz CT molecular complexity index is 377. The molecule has 0 saturated heterocycles. The van der Waals surface area contributed by atoms with Gasteiger partial charge in [-0.25, -0.2) is 0 Å². The molecule has 0 saturated carbocycles. The van der Waals surface area contributed by atoms with Crippen LogP contribution in [0.15, 0.2) is 24.3 Å². The van der Waals surface area contributed by atoms with Crippen LogP contribution in [0.4, 0.5) is 18.9 Å². The van der Waals surface area contributed by atoms with E-state index in [4.69, 9.17) is 0 Å². The van der Waals surface area contributed by atoms with E-state index >= 15 is 0 Å². The molecule has 0 atom stereocenters. The molecule has 1 aromatic carbocycles. The summed E-state index contributed by atoms with van der Waals surface area (Å²) < 4.78 is 37.8. The van der Waals surface area contributed by atoms with Gasteiger partial charge in [-0.2, -0.15) is 13.2 Å². The molecule has 96 valence electrons. The number of nitrogens with zero attached hydrogens (tertiary/aromatic N) is 1. The van der Waals surface area contributed by atoms with Gasteiger partial charge in [-0.15, -0.1) is 0 Å². The zero-order chi connectivity index (χ0) is 13.3. The third-order valence-electron chi connectivity index (χ3n) is 2.61. The van der Waals surface area contributed by atoms with Crippen LogP contribution in [0, 0.1) is 0 Å². The van der Waals surface area contributed by atoms with E-state index in [-0.39, 0.29) is 5.54 Å². The maximum absolute atomic E-state index is 12.6. The number of rotatable bonds is 2. The van der Waals surface area contributed by atoms with Crippen molar-refractivity contribution in [1.29, 1.82) is 0 Å². The molecule has 17 heavy (non-hydrogen) atoms. The minimum atomic E-state index is -4.28. The zero-order valence-electron chi connectivity index (χ0n) is 10.6. The first-order valence-corrected chi connectivity index (χ1v) is 5.61. The van der Waals surface area contributed by atoms with Gasteiger partial charge in [-0.3, -0.25) is 0 Å². The van der Waals surface area contributed by atoms with Crippen molar-refractivity contribution in [2.75, 3.05) is 11.4 Å². The number of hydrogen-bond acceptors (Lipinski definition) is 1. The van der Waals surface area contributed by atoms with Gasteiger partial charge in [0.1, 0.15) is 0 Å². The summed E-state index contributed by atoms with van der Waals surface area (Å²) in [6.45, 7) is 8.56. The quantitative estimate of drug-likeness (QED) is 0.749. The molecule has 0 radical (unpaired) electrons. The summed E-state index contributed by atoms with van der Waals surface area (Å²) in [5, 5.41) is 0. The molecule has 0 aliphatic heterocycles. The van der Waals surface area contributed by atoms with Crippen molar-refractivity contribution >= 4 is 5.69 Å². The number of halogens is 3. The molecule has 1 aromatic rings. The molecule has 0 spiro atoms. The fourth-order valence-electron chi connectivity index (χ4n) is 1.89. The van der Waals surface area contributed by atoms with Crippen LogP contribution in [-0.4, -0.2) is 12.1 Å². The fourth-order valence-corrected chi connectivity index (χ4v) is 1.89. The van der Waals surface area contributed by atoms with E-state index in [1.165, 1.54) is 12.1 Å². The minimum Gasteiger partial charge on any atom is -0.367 e. The Hall–Kier alpha value is -1.19. The van der Waals surface area contributed by atoms with Gasteiger partial charge in [-0.1, -0.05) is 6.07 Å². The maximum Gasteiger partial charge on any atom is 0.416 e. The summed E-state index contributed by atoms with van der Waals surface area (Å²) >= 11 is 0. The van der Waals surface area contributed by atoms with Crippen molar-refractivity contribution in [2.45, 2.75) is 39.4 Å². The molecule has 0 aromatic heterocycles. The van der Waals surface area contributed by atoms with Crippen molar-refractivity contribution in [3.05, 3.63) is 29.8 Å². The molecule has 1 rings (SSSR count). The van der Waals surface area contributed by atoms with Gasteiger partial charge in [0, 0.05) is 17.8 Å². The number of alkyl halides is 3. The third kappa shape index (κ3) is 3.38. The van der Waals surface area contributed by atoms with Crippen molar-refractivity contribution < 1.29 is 13.2 Å². The second-order valence-electron chi connectivity index (χ2n) is 4.96. The molecule has 0 bridgehead atoms. The Morgan fingerprint density at radius 2 is 1.71 bits per heavy atom. The Morgan fingerprint density at radius 1 is 1.12 bits per heavy atom. The highest BCUT2D eigenvalue weighted by atomic mass is 19.4. The first-order valence-electron chi connectivity index (χ1n) is 5.61. The Morgan fingerprint density at radius 3 is 2.12 bits per heavy atom. The van der Waals surface area contributed by atoms with E-state index in [1.54, 1.807) is 6.07 Å². The zero-order valence-corrected chi connectivity index (χ0v) is 10.6. The lowest BCUT2D eigenvalue weighted by atomic mass is 10.0. The molecule has 4 heteroatoms. The number of hydrogen-bond donors (Lipinski definition) is 0. The summed E-state index contributed by atoms with van der Waals surface area (Å²) in [6.07, 6.45) is -4.28.